The molecule has 0 amide bonds. The van der Waals surface area contributed by atoms with Gasteiger partial charge in [-0.15, -0.1) is 23.1 Å². The molecule has 48 heavy (non-hydrogen) atoms. The summed E-state index contributed by atoms with van der Waals surface area (Å²) in [6.07, 6.45) is -4.40. The van der Waals surface area contributed by atoms with Crippen LogP contribution in [0.15, 0.2) is 77.7 Å². The highest BCUT2D eigenvalue weighted by Gasteiger charge is 2.32. The van der Waals surface area contributed by atoms with Crippen molar-refractivity contribution >= 4 is 40.5 Å². The molecule has 1 saturated heterocycles. The van der Waals surface area contributed by atoms with E-state index in [1.807, 2.05) is 48.5 Å². The van der Waals surface area contributed by atoms with Gasteiger partial charge in [0.15, 0.2) is 11.4 Å². The molecule has 3 aromatic carbocycles. The Bertz CT molecular complexity index is 1700. The maximum Gasteiger partial charge on any atom is 0.416 e. The Morgan fingerprint density at radius 3 is 2.15 bits per heavy atom. The fourth-order valence-corrected chi connectivity index (χ4v) is 7.30. The Morgan fingerprint density at radius 1 is 0.917 bits per heavy atom. The third-order valence-electron chi connectivity index (χ3n) is 7.96. The Morgan fingerprint density at radius 2 is 1.56 bits per heavy atom. The highest BCUT2D eigenvalue weighted by molar-refractivity contribution is 7.98. The topological polar surface area (TPSA) is 72.0 Å². The van der Waals surface area contributed by atoms with Gasteiger partial charge in [0.2, 0.25) is 0 Å². The van der Waals surface area contributed by atoms with Crippen LogP contribution in [0.1, 0.15) is 54.2 Å². The second-order valence-electron chi connectivity index (χ2n) is 11.9. The molecule has 7 nitrogen and oxygen atoms in total. The van der Waals surface area contributed by atoms with E-state index in [1.54, 1.807) is 39.5 Å². The number of carbonyl (C=O) groups excluding carboxylic acids is 2. The van der Waals surface area contributed by atoms with Crippen molar-refractivity contribution in [2.24, 2.45) is 0 Å². The fourth-order valence-electron chi connectivity index (χ4n) is 5.22. The Labute approximate surface area is 287 Å². The van der Waals surface area contributed by atoms with Crippen molar-refractivity contribution in [1.29, 1.82) is 0 Å². The summed E-state index contributed by atoms with van der Waals surface area (Å²) >= 11 is 3.13. The molecule has 5 rings (SSSR count). The third kappa shape index (κ3) is 8.97. The predicted molar refractivity (Wildman–Crippen MR) is 184 cm³/mol. The first kappa shape index (κ1) is 35.4. The van der Waals surface area contributed by atoms with Crippen molar-refractivity contribution in [2.75, 3.05) is 37.7 Å². The highest BCUT2D eigenvalue weighted by atomic mass is 32.2. The monoisotopic (exact) mass is 697 g/mol. The molecular weight excluding hydrogens is 660 g/mol. The molecule has 1 aliphatic heterocycles. The zero-order valence-corrected chi connectivity index (χ0v) is 28.9. The lowest BCUT2D eigenvalue weighted by atomic mass is 10.1. The molecule has 2 heterocycles. The molecule has 4 aromatic rings. The van der Waals surface area contributed by atoms with Crippen LogP contribution in [0, 0.1) is 0 Å². The third-order valence-corrected chi connectivity index (χ3v) is 10.3. The van der Waals surface area contributed by atoms with Crippen molar-refractivity contribution in [1.82, 2.24) is 9.88 Å². The first-order valence-corrected chi connectivity index (χ1v) is 17.5. The number of carbonyl (C=O) groups is 2. The molecule has 0 N–H and O–H groups in total. The minimum absolute atomic E-state index is 0.0420. The summed E-state index contributed by atoms with van der Waals surface area (Å²) in [5, 5.41) is 0.684. The summed E-state index contributed by atoms with van der Waals surface area (Å²) in [5.74, 6) is 0.787. The number of hydrogen-bond donors (Lipinski definition) is 0. The van der Waals surface area contributed by atoms with Crippen molar-refractivity contribution in [3.63, 3.8) is 0 Å². The maximum absolute atomic E-state index is 13.2. The van der Waals surface area contributed by atoms with Crippen LogP contribution in [0.2, 0.25) is 0 Å². The highest BCUT2D eigenvalue weighted by Crippen LogP contribution is 2.36. The molecule has 1 aliphatic rings. The lowest BCUT2D eigenvalue weighted by Crippen LogP contribution is -2.46. The van der Waals surface area contributed by atoms with Crippen LogP contribution in [-0.4, -0.2) is 60.0 Å². The van der Waals surface area contributed by atoms with E-state index in [4.69, 9.17) is 14.5 Å². The number of halogens is 3. The summed E-state index contributed by atoms with van der Waals surface area (Å²) in [4.78, 5) is 35.5. The first-order valence-electron chi connectivity index (χ1n) is 15.7. The molecule has 0 spiro atoms. The van der Waals surface area contributed by atoms with E-state index in [0.717, 1.165) is 59.5 Å². The minimum Gasteiger partial charge on any atom is -0.476 e. The number of Topliss-reactive ketones (excluding diaryl/α,β-unsaturated/α-hetero) is 1. The minimum atomic E-state index is -4.40. The molecular formula is C36H38F3N3O4S2. The number of ketones is 1. The zero-order valence-electron chi connectivity index (χ0n) is 27.3. The van der Waals surface area contributed by atoms with Gasteiger partial charge in [0, 0.05) is 65.1 Å². The fraction of sp³-hybridized carbons (Fsp3) is 0.361. The van der Waals surface area contributed by atoms with Crippen molar-refractivity contribution in [3.8, 4) is 16.3 Å². The molecule has 0 aliphatic carbocycles. The van der Waals surface area contributed by atoms with Crippen LogP contribution in [0.25, 0.3) is 10.6 Å². The molecule has 0 saturated carbocycles. The standard InChI is InChI=1S/C36H38F3N3O4S2/c1-5-45-34(44)35(3,4)46-29-14-16-30(17-15-29)47-23-32-31(40-33(48-32)26-6-10-27(11-7-26)36(37,38)39)22-41-18-20-42(21-19-41)28-12-8-25(9-13-28)24(2)43/h6-17H,5,18-23H2,1-4H3. The van der Waals surface area contributed by atoms with Crippen molar-refractivity contribution in [2.45, 2.75) is 56.7 Å². The smallest absolute Gasteiger partial charge is 0.416 e. The average Bonchev–Trinajstić information content (AvgIpc) is 3.46. The number of ether oxygens (including phenoxy) is 2. The zero-order chi connectivity index (χ0) is 34.5. The van der Waals surface area contributed by atoms with Crippen LogP contribution in [0.5, 0.6) is 5.75 Å². The van der Waals surface area contributed by atoms with E-state index in [1.165, 1.54) is 23.5 Å². The summed E-state index contributed by atoms with van der Waals surface area (Å²) in [5.41, 5.74) is 1.52. The first-order chi connectivity index (χ1) is 22.8. The van der Waals surface area contributed by atoms with Crippen LogP contribution < -0.4 is 9.64 Å². The number of benzene rings is 3. The SMILES string of the molecule is CCOC(=O)C(C)(C)Oc1ccc(SCc2sc(-c3ccc(C(F)(F)F)cc3)nc2CN2CCN(c3ccc(C(C)=O)cc3)CC2)cc1. The molecule has 1 aromatic heterocycles. The van der Waals surface area contributed by atoms with Gasteiger partial charge in [-0.3, -0.25) is 9.69 Å². The summed E-state index contributed by atoms with van der Waals surface area (Å²) in [6, 6.07) is 20.3. The number of rotatable bonds is 12. The molecule has 12 heteroatoms. The van der Waals surface area contributed by atoms with Gasteiger partial charge in [-0.1, -0.05) is 12.1 Å². The van der Waals surface area contributed by atoms with Gasteiger partial charge in [0.05, 0.1) is 17.9 Å². The van der Waals surface area contributed by atoms with E-state index < -0.39 is 23.3 Å². The van der Waals surface area contributed by atoms with Gasteiger partial charge in [-0.25, -0.2) is 9.78 Å². The summed E-state index contributed by atoms with van der Waals surface area (Å²) in [7, 11) is 0. The summed E-state index contributed by atoms with van der Waals surface area (Å²) < 4.78 is 50.6. The Kier molecular flexibility index (Phi) is 11.2. The van der Waals surface area contributed by atoms with E-state index in [2.05, 4.69) is 9.80 Å². The normalized spacial score (nSPS) is 14.2. The number of nitrogens with zero attached hydrogens (tertiary/aromatic N) is 3. The van der Waals surface area contributed by atoms with E-state index in [0.29, 0.717) is 34.2 Å². The van der Waals surface area contributed by atoms with E-state index in [-0.39, 0.29) is 12.4 Å². The van der Waals surface area contributed by atoms with Crippen LogP contribution in [0.3, 0.4) is 0 Å². The molecule has 0 unspecified atom stereocenters. The molecule has 0 atom stereocenters. The van der Waals surface area contributed by atoms with Gasteiger partial charge < -0.3 is 14.4 Å². The number of thiazole rings is 1. The average molecular weight is 698 g/mol. The molecule has 0 bridgehead atoms. The van der Waals surface area contributed by atoms with Crippen LogP contribution in [-0.2, 0) is 28.0 Å². The van der Waals surface area contributed by atoms with Crippen LogP contribution >= 0.6 is 23.1 Å². The maximum atomic E-state index is 13.2. The Balaban J connectivity index is 1.28. The predicted octanol–water partition coefficient (Wildman–Crippen LogP) is 8.37. The Hall–Kier alpha value is -3.87. The largest absolute Gasteiger partial charge is 0.476 e. The van der Waals surface area contributed by atoms with Gasteiger partial charge >= 0.3 is 12.1 Å². The van der Waals surface area contributed by atoms with Gasteiger partial charge in [0.25, 0.3) is 0 Å². The van der Waals surface area contributed by atoms with Gasteiger partial charge in [-0.2, -0.15) is 13.2 Å². The van der Waals surface area contributed by atoms with Gasteiger partial charge in [-0.05, 0) is 88.4 Å². The number of anilines is 1. The number of hydrogen-bond acceptors (Lipinski definition) is 9. The molecule has 1 fully saturated rings. The quantitative estimate of drug-likeness (QED) is 0.0831. The van der Waals surface area contributed by atoms with Crippen molar-refractivity contribution in [3.05, 3.63) is 94.5 Å². The number of thioether (sulfide) groups is 1. The number of alkyl halides is 3. The second-order valence-corrected chi connectivity index (χ2v) is 14.1. The number of piperazine rings is 1. The van der Waals surface area contributed by atoms with Gasteiger partial charge in [0.1, 0.15) is 10.8 Å². The van der Waals surface area contributed by atoms with Crippen LogP contribution in [0.4, 0.5) is 18.9 Å². The molecule has 0 radical (unpaired) electrons. The lowest BCUT2D eigenvalue weighted by molar-refractivity contribution is -0.158. The van der Waals surface area contributed by atoms with E-state index >= 15 is 0 Å². The number of aromatic nitrogens is 1. The molecule has 254 valence electrons. The second kappa shape index (κ2) is 15.1. The lowest BCUT2D eigenvalue weighted by Gasteiger charge is -2.36. The number of esters is 1. The summed E-state index contributed by atoms with van der Waals surface area (Å²) in [6.45, 7) is 10.8. The van der Waals surface area contributed by atoms with E-state index in [9.17, 15) is 22.8 Å². The van der Waals surface area contributed by atoms with Crippen molar-refractivity contribution < 1.29 is 32.2 Å².